The van der Waals surface area contributed by atoms with Gasteiger partial charge >= 0.3 is 11.9 Å². The number of ether oxygens (including phenoxy) is 8. The summed E-state index contributed by atoms with van der Waals surface area (Å²) >= 11 is 0. The summed E-state index contributed by atoms with van der Waals surface area (Å²) in [5, 5.41) is 39.7. The fraction of sp³-hybridized carbons (Fsp3) is 0.576. The van der Waals surface area contributed by atoms with Gasteiger partial charge in [0.05, 0.1) is 25.2 Å². The van der Waals surface area contributed by atoms with E-state index < -0.39 is 73.7 Å². The van der Waals surface area contributed by atoms with Crippen molar-refractivity contribution in [3.05, 3.63) is 41.5 Å². The highest BCUT2D eigenvalue weighted by molar-refractivity contribution is 5.90. The van der Waals surface area contributed by atoms with Crippen LogP contribution in [0.1, 0.15) is 48.8 Å². The van der Waals surface area contributed by atoms with Crippen LogP contribution in [0.15, 0.2) is 30.3 Å². The molecule has 5 aliphatic rings. The minimum absolute atomic E-state index is 0.0173. The van der Waals surface area contributed by atoms with Gasteiger partial charge in [0.25, 0.3) is 6.29 Å². The van der Waals surface area contributed by atoms with E-state index in [4.69, 9.17) is 58.5 Å². The van der Waals surface area contributed by atoms with Crippen LogP contribution >= 0.6 is 0 Å². The first kappa shape index (κ1) is 34.5. The van der Waals surface area contributed by atoms with Crippen LogP contribution in [0.5, 0.6) is 28.7 Å². The van der Waals surface area contributed by atoms with Crippen LogP contribution in [-0.4, -0.2) is 115 Å². The molecule has 17 heteroatoms. The number of carboxylic acids is 1. The molecule has 17 nitrogen and oxygen atoms in total. The monoisotopic (exact) mass is 705 g/mol. The number of carbonyl (C=O) groups is 2. The van der Waals surface area contributed by atoms with Gasteiger partial charge in [-0.3, -0.25) is 9.59 Å². The molecule has 10 unspecified atom stereocenters. The van der Waals surface area contributed by atoms with Crippen LogP contribution in [0.3, 0.4) is 0 Å². The molecule has 2 aromatic carbocycles. The molecule has 7 rings (SSSR count). The third-order valence-corrected chi connectivity index (χ3v) is 9.20. The molecule has 5 aliphatic heterocycles. The van der Waals surface area contributed by atoms with Crippen molar-refractivity contribution in [2.45, 2.75) is 86.9 Å². The Kier molecular flexibility index (Phi) is 10.2. The summed E-state index contributed by atoms with van der Waals surface area (Å²) in [7, 11) is 0. The standard InChI is InChI=1S/C33H39NO16/c34-6-8-41-33-32(28(40)31-30(48-33)21(44-26(39)12-25(37)38)4-1-15(43-31)5-7-35)50-49-16-2-3-20-18(9-16)29-19(14-42-20)17-10-23-24(11-22(17)47-29)46-27(13-36)45-23/h2-3,9-11,15,19,21,27-33,35-36,40H,1,4-8,12-14,34H2,(H,37,38). The van der Waals surface area contributed by atoms with Gasteiger partial charge in [0.15, 0.2) is 29.6 Å². The summed E-state index contributed by atoms with van der Waals surface area (Å²) in [4.78, 5) is 35.0. The quantitative estimate of drug-likeness (QED) is 0.0872. The van der Waals surface area contributed by atoms with Crippen LogP contribution in [0.4, 0.5) is 0 Å². The van der Waals surface area contributed by atoms with Gasteiger partial charge in [0.2, 0.25) is 0 Å². The molecule has 50 heavy (non-hydrogen) atoms. The maximum Gasteiger partial charge on any atom is 0.317 e. The minimum Gasteiger partial charge on any atom is -0.492 e. The Balaban J connectivity index is 1.08. The molecule has 0 spiro atoms. The molecule has 6 N–H and O–H groups in total. The smallest absolute Gasteiger partial charge is 0.317 e. The maximum atomic E-state index is 12.3. The van der Waals surface area contributed by atoms with E-state index in [1.54, 1.807) is 24.3 Å². The summed E-state index contributed by atoms with van der Waals surface area (Å²) < 4.78 is 47.3. The minimum atomic E-state index is -1.45. The van der Waals surface area contributed by atoms with Crippen LogP contribution in [0.25, 0.3) is 0 Å². The number of aliphatic hydroxyl groups excluding tert-OH is 3. The fourth-order valence-corrected chi connectivity index (χ4v) is 6.93. The molecule has 0 bridgehead atoms. The van der Waals surface area contributed by atoms with Crippen molar-refractivity contribution in [3.8, 4) is 28.7 Å². The van der Waals surface area contributed by atoms with Crippen molar-refractivity contribution in [3.63, 3.8) is 0 Å². The van der Waals surface area contributed by atoms with Gasteiger partial charge < -0.3 is 68.9 Å². The number of rotatable bonds is 12. The molecular formula is C33H39NO16. The summed E-state index contributed by atoms with van der Waals surface area (Å²) in [5.74, 6) is -0.0825. The number of hydrogen-bond acceptors (Lipinski definition) is 16. The second-order valence-corrected chi connectivity index (χ2v) is 12.5. The van der Waals surface area contributed by atoms with Crippen LogP contribution in [0.2, 0.25) is 0 Å². The Labute approximate surface area is 285 Å². The molecule has 5 heterocycles. The van der Waals surface area contributed by atoms with Gasteiger partial charge in [0.1, 0.15) is 55.0 Å². The number of fused-ring (bicyclic) bond motifs is 7. The Hall–Kier alpha value is -3.94. The lowest BCUT2D eigenvalue weighted by atomic mass is 9.89. The maximum absolute atomic E-state index is 12.3. The zero-order chi connectivity index (χ0) is 34.9. The average molecular weight is 706 g/mol. The van der Waals surface area contributed by atoms with E-state index in [-0.39, 0.29) is 50.9 Å². The molecule has 2 fully saturated rings. The van der Waals surface area contributed by atoms with Gasteiger partial charge in [0, 0.05) is 30.3 Å². The largest absolute Gasteiger partial charge is 0.492 e. The highest BCUT2D eigenvalue weighted by atomic mass is 17.2. The fourth-order valence-electron chi connectivity index (χ4n) is 6.93. The van der Waals surface area contributed by atoms with E-state index in [9.17, 15) is 24.9 Å². The number of aliphatic carboxylic acids is 1. The Morgan fingerprint density at radius 2 is 1.76 bits per heavy atom. The lowest BCUT2D eigenvalue weighted by molar-refractivity contribution is -0.379. The number of aliphatic hydroxyl groups is 3. The molecule has 272 valence electrons. The summed E-state index contributed by atoms with van der Waals surface area (Å²) in [5.41, 5.74) is 7.24. The Bertz CT molecular complexity index is 1560. The predicted molar refractivity (Wildman–Crippen MR) is 164 cm³/mol. The molecule has 0 saturated carbocycles. The van der Waals surface area contributed by atoms with Crippen molar-refractivity contribution >= 4 is 11.9 Å². The third-order valence-electron chi connectivity index (χ3n) is 9.20. The number of carbonyl (C=O) groups excluding carboxylic acids is 1. The number of benzene rings is 2. The van der Waals surface area contributed by atoms with E-state index in [0.29, 0.717) is 41.6 Å². The van der Waals surface area contributed by atoms with Gasteiger partial charge in [-0.1, -0.05) is 0 Å². The molecule has 0 radical (unpaired) electrons. The lowest BCUT2D eigenvalue weighted by Gasteiger charge is -2.44. The van der Waals surface area contributed by atoms with E-state index >= 15 is 0 Å². The summed E-state index contributed by atoms with van der Waals surface area (Å²) in [6.45, 7) is -0.00413. The predicted octanol–water partition coefficient (Wildman–Crippen LogP) is 0.443. The number of nitrogens with two attached hydrogens (primary N) is 1. The van der Waals surface area contributed by atoms with E-state index in [0.717, 1.165) is 5.56 Å². The van der Waals surface area contributed by atoms with Gasteiger partial charge in [-0.25, -0.2) is 0 Å². The lowest BCUT2D eigenvalue weighted by Crippen LogP contribution is -2.63. The number of hydrogen-bond donors (Lipinski definition) is 5. The summed E-state index contributed by atoms with van der Waals surface area (Å²) in [6.07, 6.45) is -9.00. The number of esters is 1. The van der Waals surface area contributed by atoms with E-state index in [2.05, 4.69) is 0 Å². The molecule has 0 amide bonds. The van der Waals surface area contributed by atoms with Crippen molar-refractivity contribution in [2.75, 3.05) is 33.0 Å². The molecular weight excluding hydrogens is 666 g/mol. The first-order chi connectivity index (χ1) is 24.3. The first-order valence-electron chi connectivity index (χ1n) is 16.5. The Morgan fingerprint density at radius 3 is 2.52 bits per heavy atom. The molecule has 10 atom stereocenters. The van der Waals surface area contributed by atoms with Crippen molar-refractivity contribution in [1.29, 1.82) is 0 Å². The van der Waals surface area contributed by atoms with Gasteiger partial charge in [-0.05, 0) is 43.5 Å². The third kappa shape index (κ3) is 6.87. The molecule has 2 aromatic rings. The number of carboxylic acid groups (broad SMARTS) is 1. The van der Waals surface area contributed by atoms with Gasteiger partial charge in [-0.15, -0.1) is 0 Å². The molecule has 0 aliphatic carbocycles. The highest BCUT2D eigenvalue weighted by Gasteiger charge is 2.54. The first-order valence-corrected chi connectivity index (χ1v) is 16.5. The SMILES string of the molecule is NCCOC1OC2C(OC(=O)CC(=O)O)CCC(CCO)OC2C(O)C1OOc1ccc2c(c1)C1Oc3cc4c(cc3C1CO2)OC(CO)O4. The normalized spacial score (nSPS) is 31.9. The van der Waals surface area contributed by atoms with Crippen molar-refractivity contribution in [2.24, 2.45) is 5.73 Å². The molecule has 0 aromatic heterocycles. The topological polar surface area (TPSA) is 233 Å². The zero-order valence-electron chi connectivity index (χ0n) is 26.8. The Morgan fingerprint density at radius 1 is 0.940 bits per heavy atom. The van der Waals surface area contributed by atoms with Crippen LogP contribution in [0, 0.1) is 0 Å². The van der Waals surface area contributed by atoms with Gasteiger partial charge in [-0.2, -0.15) is 4.89 Å². The zero-order valence-corrected chi connectivity index (χ0v) is 26.8. The highest BCUT2D eigenvalue weighted by Crippen LogP contribution is 2.55. The van der Waals surface area contributed by atoms with E-state index in [1.165, 1.54) is 0 Å². The van der Waals surface area contributed by atoms with Crippen molar-refractivity contribution in [1.82, 2.24) is 0 Å². The molecule has 2 saturated heterocycles. The van der Waals surface area contributed by atoms with Crippen molar-refractivity contribution < 1.29 is 77.7 Å². The second kappa shape index (κ2) is 14.7. The van der Waals surface area contributed by atoms with Crippen LogP contribution < -0.4 is 29.6 Å². The summed E-state index contributed by atoms with van der Waals surface area (Å²) in [6, 6.07) is 8.61. The van der Waals surface area contributed by atoms with Crippen LogP contribution in [-0.2, 0) is 33.4 Å². The van der Waals surface area contributed by atoms with E-state index in [1.807, 2.05) is 6.07 Å². The average Bonchev–Trinajstić information content (AvgIpc) is 3.63. The second-order valence-electron chi connectivity index (χ2n) is 12.5.